The molecule has 15 nitrogen and oxygen atoms in total. The Kier molecular flexibility index (Phi) is 15.8. The second-order valence-electron chi connectivity index (χ2n) is 11.1. The lowest BCUT2D eigenvalue weighted by atomic mass is 10.1. The largest absolute Gasteiger partial charge is 0.444 e. The number of amides is 2. The Morgan fingerprint density at radius 2 is 1.28 bits per heavy atom. The Hall–Kier alpha value is -6.06. The van der Waals surface area contributed by atoms with Crippen molar-refractivity contribution in [1.29, 1.82) is 0 Å². The lowest BCUT2D eigenvalue weighted by Gasteiger charge is -2.19. The summed E-state index contributed by atoms with van der Waals surface area (Å²) in [5.74, 6) is 0.424. The fourth-order valence-corrected chi connectivity index (χ4v) is 3.79. The molecule has 0 unspecified atom stereocenters. The number of nitro benzene ring substituents is 2. The van der Waals surface area contributed by atoms with E-state index in [0.717, 1.165) is 16.7 Å². The van der Waals surface area contributed by atoms with E-state index in [1.165, 1.54) is 48.5 Å². The van der Waals surface area contributed by atoms with Gasteiger partial charge in [0.25, 0.3) is 11.4 Å². The van der Waals surface area contributed by atoms with E-state index in [9.17, 15) is 34.6 Å². The summed E-state index contributed by atoms with van der Waals surface area (Å²) in [6.45, 7) is 8.24. The highest BCUT2D eigenvalue weighted by Crippen LogP contribution is 2.19. The minimum Gasteiger partial charge on any atom is -0.444 e. The average Bonchev–Trinajstić information content (AvgIpc) is 3.04. The van der Waals surface area contributed by atoms with E-state index in [0.29, 0.717) is 18.8 Å². The number of nitro groups is 2. The van der Waals surface area contributed by atoms with Crippen LogP contribution >= 0.6 is 11.6 Å². The molecule has 0 saturated heterocycles. The highest BCUT2D eigenvalue weighted by Gasteiger charge is 2.16. The number of ether oxygens (including phenoxy) is 3. The summed E-state index contributed by atoms with van der Waals surface area (Å²) in [4.78, 5) is 53.0. The number of nitrogens with two attached hydrogens (primary N) is 1. The van der Waals surface area contributed by atoms with Crippen molar-refractivity contribution < 1.29 is 38.4 Å². The highest BCUT2D eigenvalue weighted by atomic mass is 35.5. The molecule has 0 aliphatic heterocycles. The Bertz CT molecular complexity index is 1760. The number of hydrogen-bond acceptors (Lipinski definition) is 11. The molecule has 0 fully saturated rings. The first-order valence-corrected chi connectivity index (χ1v) is 15.1. The fourth-order valence-electron chi connectivity index (χ4n) is 3.70. The van der Waals surface area contributed by atoms with Gasteiger partial charge in [-0.05, 0) is 75.2 Å². The molecule has 0 saturated carbocycles. The van der Waals surface area contributed by atoms with Crippen molar-refractivity contribution in [2.45, 2.75) is 46.4 Å². The maximum atomic E-state index is 11.6. The van der Waals surface area contributed by atoms with E-state index in [4.69, 9.17) is 26.8 Å². The van der Waals surface area contributed by atoms with Crippen LogP contribution in [-0.2, 0) is 17.8 Å². The summed E-state index contributed by atoms with van der Waals surface area (Å²) >= 11 is 4.92. The summed E-state index contributed by atoms with van der Waals surface area (Å²) < 4.78 is 14.6. The molecular formula is C34H36ClN5O10. The van der Waals surface area contributed by atoms with Gasteiger partial charge in [0, 0.05) is 54.6 Å². The number of carbonyl (C=O) groups excluding carboxylic acids is 3. The molecule has 0 aliphatic rings. The molecule has 0 bridgehead atoms. The molecule has 0 heterocycles. The van der Waals surface area contributed by atoms with Gasteiger partial charge in [-0.1, -0.05) is 42.0 Å². The average molecular weight is 710 g/mol. The Balaban J connectivity index is 0.000000269. The van der Waals surface area contributed by atoms with Gasteiger partial charge in [0.2, 0.25) is 0 Å². The van der Waals surface area contributed by atoms with E-state index in [1.54, 1.807) is 6.07 Å². The number of carbonyl (C=O) groups is 3. The van der Waals surface area contributed by atoms with Crippen molar-refractivity contribution in [1.82, 2.24) is 5.32 Å². The quantitative estimate of drug-likeness (QED) is 0.0904. The van der Waals surface area contributed by atoms with Crippen molar-refractivity contribution in [3.05, 3.63) is 134 Å². The van der Waals surface area contributed by atoms with Gasteiger partial charge < -0.3 is 25.3 Å². The second kappa shape index (κ2) is 19.7. The van der Waals surface area contributed by atoms with Gasteiger partial charge in [-0.25, -0.2) is 14.4 Å². The first-order valence-electron chi connectivity index (χ1n) is 14.7. The molecule has 4 rings (SSSR count). The van der Waals surface area contributed by atoms with E-state index < -0.39 is 33.1 Å². The maximum Gasteiger partial charge on any atom is 0.412 e. The van der Waals surface area contributed by atoms with Crippen LogP contribution in [0.1, 0.15) is 37.5 Å². The Morgan fingerprint density at radius 1 is 0.760 bits per heavy atom. The van der Waals surface area contributed by atoms with Gasteiger partial charge in [-0.3, -0.25) is 25.5 Å². The number of benzene rings is 4. The van der Waals surface area contributed by atoms with Crippen LogP contribution in [0, 0.1) is 27.2 Å². The number of rotatable bonds is 8. The third-order valence-electron chi connectivity index (χ3n) is 5.83. The Labute approximate surface area is 292 Å². The van der Waals surface area contributed by atoms with E-state index >= 15 is 0 Å². The van der Waals surface area contributed by atoms with Gasteiger partial charge in [-0.15, -0.1) is 0 Å². The molecule has 4 aromatic rings. The van der Waals surface area contributed by atoms with Gasteiger partial charge in [0.15, 0.2) is 0 Å². The predicted molar refractivity (Wildman–Crippen MR) is 186 cm³/mol. The lowest BCUT2D eigenvalue weighted by Crippen LogP contribution is -2.27. The molecule has 50 heavy (non-hydrogen) atoms. The van der Waals surface area contributed by atoms with Crippen LogP contribution in [0.4, 0.5) is 31.4 Å². The van der Waals surface area contributed by atoms with Gasteiger partial charge >= 0.3 is 17.6 Å². The molecule has 4 aromatic carbocycles. The zero-order chi connectivity index (χ0) is 37.3. The summed E-state index contributed by atoms with van der Waals surface area (Å²) in [5, 5.41) is 26.0. The van der Waals surface area contributed by atoms with Gasteiger partial charge in [0.1, 0.15) is 17.1 Å². The van der Waals surface area contributed by atoms with Gasteiger partial charge in [0.05, 0.1) is 9.85 Å². The van der Waals surface area contributed by atoms with Gasteiger partial charge in [-0.2, -0.15) is 0 Å². The van der Waals surface area contributed by atoms with Crippen molar-refractivity contribution in [2.75, 3.05) is 5.32 Å². The molecular weight excluding hydrogens is 674 g/mol. The number of halogens is 1. The Morgan fingerprint density at radius 3 is 1.76 bits per heavy atom. The molecule has 0 aliphatic carbocycles. The summed E-state index contributed by atoms with van der Waals surface area (Å²) in [5.41, 5.74) is 7.65. The van der Waals surface area contributed by atoms with Crippen molar-refractivity contribution >= 4 is 46.3 Å². The monoisotopic (exact) mass is 709 g/mol. The fraction of sp³-hybridized carbons (Fsp3) is 0.206. The van der Waals surface area contributed by atoms with Crippen molar-refractivity contribution in [3.63, 3.8) is 0 Å². The molecule has 0 radical (unpaired) electrons. The van der Waals surface area contributed by atoms with Crippen LogP contribution in [0.3, 0.4) is 0 Å². The summed E-state index contributed by atoms with van der Waals surface area (Å²) in [6, 6.07) is 25.4. The number of nitrogens with zero attached hydrogens (tertiary/aromatic N) is 2. The first-order chi connectivity index (χ1) is 23.5. The number of nitrogens with one attached hydrogen (secondary N) is 2. The molecule has 264 valence electrons. The summed E-state index contributed by atoms with van der Waals surface area (Å²) in [7, 11) is 0. The van der Waals surface area contributed by atoms with Crippen molar-refractivity contribution in [3.8, 4) is 11.5 Å². The number of non-ortho nitro benzene ring substituents is 2. The molecule has 4 N–H and O–H groups in total. The van der Waals surface area contributed by atoms with Crippen LogP contribution < -0.4 is 25.8 Å². The molecule has 2 amide bonds. The SMILES string of the molecule is CC(C)(C)OC(=O)Nc1cccc(CN)c1.Cc1cccc(CNC(=O)Oc2ccc([N+](=O)[O-])cc2)c1.O=C(Cl)Oc1ccc([N+](=O)[O-])cc1. The van der Waals surface area contributed by atoms with Crippen LogP contribution in [-0.4, -0.2) is 33.1 Å². The zero-order valence-corrected chi connectivity index (χ0v) is 28.3. The zero-order valence-electron chi connectivity index (χ0n) is 27.6. The minimum absolute atomic E-state index is 0.0532. The molecule has 16 heteroatoms. The first kappa shape index (κ1) is 40.1. The van der Waals surface area contributed by atoms with E-state index in [1.807, 2.05) is 70.2 Å². The van der Waals surface area contributed by atoms with E-state index in [-0.39, 0.29) is 22.9 Å². The number of anilines is 1. The van der Waals surface area contributed by atoms with Crippen LogP contribution in [0.5, 0.6) is 11.5 Å². The number of aryl methyl sites for hydroxylation is 1. The number of hydrogen-bond donors (Lipinski definition) is 3. The second-order valence-corrected chi connectivity index (χ2v) is 11.4. The topological polar surface area (TPSA) is 215 Å². The smallest absolute Gasteiger partial charge is 0.412 e. The van der Waals surface area contributed by atoms with Crippen molar-refractivity contribution in [2.24, 2.45) is 5.73 Å². The third-order valence-corrected chi connectivity index (χ3v) is 5.91. The molecule has 0 atom stereocenters. The van der Waals surface area contributed by atoms with Crippen LogP contribution in [0.2, 0.25) is 0 Å². The van der Waals surface area contributed by atoms with Crippen LogP contribution in [0.25, 0.3) is 0 Å². The van der Waals surface area contributed by atoms with E-state index in [2.05, 4.69) is 15.4 Å². The summed E-state index contributed by atoms with van der Waals surface area (Å²) in [6.07, 6.45) is -1.06. The molecule has 0 spiro atoms. The maximum absolute atomic E-state index is 11.6. The predicted octanol–water partition coefficient (Wildman–Crippen LogP) is 8.02. The standard InChI is InChI=1S/C15H14N2O4.C12H18N2O2.C7H4ClNO4/c1-11-3-2-4-12(9-11)10-16-15(18)21-14-7-5-13(6-8-14)17(19)20;1-12(2,3)16-11(15)14-10-6-4-5-9(7-10)8-13;8-7(10)13-6-3-1-5(2-4-6)9(11)12/h2-9H,10H2,1H3,(H,16,18);4-7H,8,13H2,1-3H3,(H,14,15);1-4H. The highest BCUT2D eigenvalue weighted by molar-refractivity contribution is 6.61. The third kappa shape index (κ3) is 16.2. The normalized spacial score (nSPS) is 10.1. The molecule has 0 aromatic heterocycles. The minimum atomic E-state index is -0.978. The van der Waals surface area contributed by atoms with Crippen LogP contribution in [0.15, 0.2) is 97.1 Å². The lowest BCUT2D eigenvalue weighted by molar-refractivity contribution is -0.385.